The van der Waals surface area contributed by atoms with Crippen molar-refractivity contribution in [3.05, 3.63) is 17.5 Å². The Kier molecular flexibility index (Phi) is 3.36. The molecule has 0 spiro atoms. The molecule has 1 saturated carbocycles. The first kappa shape index (κ1) is 12.6. The predicted molar refractivity (Wildman–Crippen MR) is 64.2 cm³/mol. The maximum atomic E-state index is 12.1. The van der Waals surface area contributed by atoms with E-state index >= 15 is 0 Å². The van der Waals surface area contributed by atoms with Crippen LogP contribution >= 0.6 is 0 Å². The van der Waals surface area contributed by atoms with Gasteiger partial charge in [-0.3, -0.25) is 9.48 Å². The number of carbonyl (C=O) groups excluding carboxylic acids is 1. The maximum absolute atomic E-state index is 12.1. The molecule has 98 valence electrons. The molecular formula is C12H17N3O3. The van der Waals surface area contributed by atoms with E-state index in [1.165, 1.54) is 0 Å². The van der Waals surface area contributed by atoms with Crippen molar-refractivity contribution in [2.45, 2.75) is 32.2 Å². The highest BCUT2D eigenvalue weighted by Crippen LogP contribution is 2.32. The normalized spacial score (nSPS) is 16.3. The van der Waals surface area contributed by atoms with E-state index < -0.39 is 12.0 Å². The summed E-state index contributed by atoms with van der Waals surface area (Å²) in [6.07, 6.45) is 4.00. The van der Waals surface area contributed by atoms with Crippen LogP contribution in [0.4, 0.5) is 0 Å². The summed E-state index contributed by atoms with van der Waals surface area (Å²) in [5.74, 6) is -1.24. The molecule has 1 aromatic rings. The second-order valence-corrected chi connectivity index (χ2v) is 4.64. The Hall–Kier alpha value is -1.85. The number of amides is 1. The van der Waals surface area contributed by atoms with Crippen LogP contribution in [0.15, 0.2) is 6.20 Å². The smallest absolute Gasteiger partial charge is 0.326 e. The summed E-state index contributed by atoms with van der Waals surface area (Å²) in [5.41, 5.74) is 1.15. The number of carboxylic acid groups (broad SMARTS) is 1. The van der Waals surface area contributed by atoms with E-state index in [4.69, 9.17) is 5.11 Å². The summed E-state index contributed by atoms with van der Waals surface area (Å²) in [6.45, 7) is 1.91. The van der Waals surface area contributed by atoms with Crippen LogP contribution in [0.2, 0.25) is 0 Å². The van der Waals surface area contributed by atoms with Crippen molar-refractivity contribution in [3.8, 4) is 0 Å². The minimum atomic E-state index is -0.965. The third-order valence-electron chi connectivity index (χ3n) is 3.13. The molecule has 0 radical (unpaired) electrons. The van der Waals surface area contributed by atoms with Crippen LogP contribution in [0.25, 0.3) is 0 Å². The molecule has 1 aromatic heterocycles. The zero-order chi connectivity index (χ0) is 13.3. The van der Waals surface area contributed by atoms with Gasteiger partial charge in [0.15, 0.2) is 0 Å². The number of aromatic nitrogens is 2. The van der Waals surface area contributed by atoms with Crippen molar-refractivity contribution in [1.29, 1.82) is 0 Å². The lowest BCUT2D eigenvalue weighted by Gasteiger charge is -2.13. The molecule has 0 aliphatic heterocycles. The third kappa shape index (κ3) is 2.52. The van der Waals surface area contributed by atoms with Gasteiger partial charge < -0.3 is 10.4 Å². The molecule has 1 aliphatic carbocycles. The van der Waals surface area contributed by atoms with Crippen LogP contribution in [0, 0.1) is 5.92 Å². The minimum absolute atomic E-state index is 0.0770. The number of hydrogen-bond donors (Lipinski definition) is 2. The fourth-order valence-electron chi connectivity index (χ4n) is 2.02. The first-order chi connectivity index (χ1) is 8.52. The number of aliphatic carboxylic acids is 1. The van der Waals surface area contributed by atoms with Crippen molar-refractivity contribution >= 4 is 11.9 Å². The van der Waals surface area contributed by atoms with Gasteiger partial charge in [-0.15, -0.1) is 0 Å². The second kappa shape index (κ2) is 4.80. The second-order valence-electron chi connectivity index (χ2n) is 4.64. The molecule has 6 heteroatoms. The summed E-state index contributed by atoms with van der Waals surface area (Å²) in [6, 6.07) is -0.776. The topological polar surface area (TPSA) is 84.2 Å². The van der Waals surface area contributed by atoms with E-state index in [2.05, 4.69) is 10.4 Å². The molecule has 1 amide bonds. The van der Waals surface area contributed by atoms with E-state index in [0.29, 0.717) is 17.7 Å². The first-order valence-corrected chi connectivity index (χ1v) is 6.09. The predicted octanol–water partition coefficient (Wildman–Crippen LogP) is 0.575. The molecule has 1 aliphatic rings. The lowest BCUT2D eigenvalue weighted by Crippen LogP contribution is -2.42. The Balaban J connectivity index is 2.12. The minimum Gasteiger partial charge on any atom is -0.480 e. The molecule has 1 fully saturated rings. The fourth-order valence-corrected chi connectivity index (χ4v) is 2.02. The summed E-state index contributed by atoms with van der Waals surface area (Å²) < 4.78 is 1.57. The highest BCUT2D eigenvalue weighted by atomic mass is 16.4. The first-order valence-electron chi connectivity index (χ1n) is 6.09. The molecule has 0 saturated heterocycles. The number of carboxylic acids is 1. The van der Waals surface area contributed by atoms with E-state index in [1.54, 1.807) is 17.9 Å². The monoisotopic (exact) mass is 251 g/mol. The standard InChI is InChI=1S/C12H17N3O3/c1-3-9-8(6-15(2)14-9)11(16)13-10(12(17)18)7-4-5-7/h6-7,10H,3-5H2,1-2H3,(H,13,16)(H,17,18). The summed E-state index contributed by atoms with van der Waals surface area (Å²) in [7, 11) is 1.74. The van der Waals surface area contributed by atoms with Gasteiger partial charge in [0, 0.05) is 13.2 Å². The Morgan fingerprint density at radius 3 is 2.78 bits per heavy atom. The molecule has 1 unspecified atom stereocenters. The molecule has 1 atom stereocenters. The van der Waals surface area contributed by atoms with Crippen LogP contribution in [-0.2, 0) is 18.3 Å². The highest BCUT2D eigenvalue weighted by molar-refractivity contribution is 5.97. The van der Waals surface area contributed by atoms with Crippen molar-refractivity contribution in [1.82, 2.24) is 15.1 Å². The van der Waals surface area contributed by atoms with Crippen molar-refractivity contribution in [3.63, 3.8) is 0 Å². The summed E-state index contributed by atoms with van der Waals surface area (Å²) in [5, 5.41) is 15.8. The van der Waals surface area contributed by atoms with Crippen LogP contribution < -0.4 is 5.32 Å². The van der Waals surface area contributed by atoms with Gasteiger partial charge in [0.25, 0.3) is 5.91 Å². The molecule has 6 nitrogen and oxygen atoms in total. The van der Waals surface area contributed by atoms with Gasteiger partial charge in [-0.2, -0.15) is 5.10 Å². The third-order valence-corrected chi connectivity index (χ3v) is 3.13. The summed E-state index contributed by atoms with van der Waals surface area (Å²) >= 11 is 0. The van der Waals surface area contributed by atoms with Gasteiger partial charge in [-0.05, 0) is 25.2 Å². The van der Waals surface area contributed by atoms with Crippen molar-refractivity contribution in [2.24, 2.45) is 13.0 Å². The largest absolute Gasteiger partial charge is 0.480 e. The zero-order valence-electron chi connectivity index (χ0n) is 10.5. The zero-order valence-corrected chi connectivity index (χ0v) is 10.5. The van der Waals surface area contributed by atoms with E-state index in [1.807, 2.05) is 6.92 Å². The quantitative estimate of drug-likeness (QED) is 0.801. The highest BCUT2D eigenvalue weighted by Gasteiger charge is 2.37. The average Bonchev–Trinajstić information content (AvgIpc) is 3.07. The van der Waals surface area contributed by atoms with E-state index in [9.17, 15) is 9.59 Å². The van der Waals surface area contributed by atoms with E-state index in [0.717, 1.165) is 12.8 Å². The molecule has 18 heavy (non-hydrogen) atoms. The van der Waals surface area contributed by atoms with Crippen LogP contribution in [-0.4, -0.2) is 32.8 Å². The average molecular weight is 251 g/mol. The fraction of sp³-hybridized carbons (Fsp3) is 0.583. The lowest BCUT2D eigenvalue weighted by molar-refractivity contribution is -0.139. The number of aryl methyl sites for hydroxylation is 2. The molecule has 1 heterocycles. The number of hydrogen-bond acceptors (Lipinski definition) is 3. The molecule has 0 aromatic carbocycles. The SMILES string of the molecule is CCc1nn(C)cc1C(=O)NC(C(=O)O)C1CC1. The van der Waals surface area contributed by atoms with Gasteiger partial charge in [-0.1, -0.05) is 6.92 Å². The van der Waals surface area contributed by atoms with Crippen LogP contribution in [0.3, 0.4) is 0 Å². The molecular weight excluding hydrogens is 234 g/mol. The maximum Gasteiger partial charge on any atom is 0.326 e. The van der Waals surface area contributed by atoms with Gasteiger partial charge in [0.1, 0.15) is 6.04 Å². The molecule has 0 bridgehead atoms. The van der Waals surface area contributed by atoms with Gasteiger partial charge in [0.05, 0.1) is 11.3 Å². The van der Waals surface area contributed by atoms with Crippen molar-refractivity contribution < 1.29 is 14.7 Å². The number of nitrogens with zero attached hydrogens (tertiary/aromatic N) is 2. The Bertz CT molecular complexity index is 477. The van der Waals surface area contributed by atoms with Gasteiger partial charge in [0.2, 0.25) is 0 Å². The van der Waals surface area contributed by atoms with Crippen LogP contribution in [0.5, 0.6) is 0 Å². The van der Waals surface area contributed by atoms with Gasteiger partial charge in [-0.25, -0.2) is 4.79 Å². The number of nitrogens with one attached hydrogen (secondary N) is 1. The summed E-state index contributed by atoms with van der Waals surface area (Å²) in [4.78, 5) is 23.1. The van der Waals surface area contributed by atoms with Crippen LogP contribution in [0.1, 0.15) is 35.8 Å². The van der Waals surface area contributed by atoms with E-state index in [-0.39, 0.29) is 11.8 Å². The lowest BCUT2D eigenvalue weighted by atomic mass is 10.1. The molecule has 2 rings (SSSR count). The Morgan fingerprint density at radius 1 is 1.61 bits per heavy atom. The number of rotatable bonds is 5. The Labute approximate surface area is 105 Å². The van der Waals surface area contributed by atoms with Crippen molar-refractivity contribution in [2.75, 3.05) is 0 Å². The molecule has 2 N–H and O–H groups in total. The Morgan fingerprint density at radius 2 is 2.28 bits per heavy atom. The number of carbonyl (C=O) groups is 2. The van der Waals surface area contributed by atoms with Gasteiger partial charge >= 0.3 is 5.97 Å².